The Hall–Kier alpha value is -0.910. The number of carbonyl (C=O) groups is 2. The number of hydrogen-bond donors (Lipinski definition) is 1. The van der Waals surface area contributed by atoms with Crippen LogP contribution in [0.1, 0.15) is 26.7 Å². The normalized spacial score (nSPS) is 13.2. The number of methoxy groups -OCH3 is 1. The first-order valence-corrected chi connectivity index (χ1v) is 7.49. The molecule has 0 aromatic heterocycles. The molecule has 0 aliphatic heterocycles. The van der Waals surface area contributed by atoms with Gasteiger partial charge in [-0.05, 0) is 5.92 Å². The van der Waals surface area contributed by atoms with Gasteiger partial charge in [-0.1, -0.05) is 13.8 Å². The quantitative estimate of drug-likeness (QED) is 0.539. The van der Waals surface area contributed by atoms with E-state index in [1.165, 1.54) is 21.3 Å². The molecule has 0 heterocycles. The van der Waals surface area contributed by atoms with Gasteiger partial charge >= 0.3 is 13.6 Å². The Kier molecular flexibility index (Phi) is 7.90. The van der Waals surface area contributed by atoms with Crippen LogP contribution in [0, 0.1) is 5.92 Å². The van der Waals surface area contributed by atoms with Crippen LogP contribution >= 0.6 is 7.60 Å². The lowest BCUT2D eigenvalue weighted by atomic mass is 10.2. The molecular formula is C11H22NO6P. The van der Waals surface area contributed by atoms with Gasteiger partial charge in [-0.15, -0.1) is 0 Å². The van der Waals surface area contributed by atoms with Gasteiger partial charge in [-0.25, -0.2) is 0 Å². The van der Waals surface area contributed by atoms with E-state index in [9.17, 15) is 14.2 Å². The van der Waals surface area contributed by atoms with E-state index in [2.05, 4.69) is 10.1 Å². The van der Waals surface area contributed by atoms with Crippen molar-refractivity contribution in [3.05, 3.63) is 0 Å². The van der Waals surface area contributed by atoms with E-state index in [-0.39, 0.29) is 18.8 Å². The maximum Gasteiger partial charge on any atom is 0.352 e. The first kappa shape index (κ1) is 18.1. The van der Waals surface area contributed by atoms with Crippen molar-refractivity contribution >= 4 is 19.5 Å². The predicted molar refractivity (Wildman–Crippen MR) is 69.6 cm³/mol. The molecule has 7 nitrogen and oxygen atoms in total. The zero-order chi connectivity index (χ0) is 15.1. The fourth-order valence-electron chi connectivity index (χ4n) is 1.47. The molecule has 8 heteroatoms. The zero-order valence-electron chi connectivity index (χ0n) is 12.0. The molecule has 112 valence electrons. The monoisotopic (exact) mass is 295 g/mol. The van der Waals surface area contributed by atoms with E-state index < -0.39 is 25.3 Å². The highest BCUT2D eigenvalue weighted by Gasteiger charge is 2.37. The van der Waals surface area contributed by atoms with E-state index in [1.54, 1.807) is 13.8 Å². The predicted octanol–water partition coefficient (Wildman–Crippen LogP) is 1.52. The highest BCUT2D eigenvalue weighted by Crippen LogP contribution is 2.52. The van der Waals surface area contributed by atoms with Crippen LogP contribution in [0.15, 0.2) is 0 Å². The summed E-state index contributed by atoms with van der Waals surface area (Å²) in [6.45, 7) is 3.58. The van der Waals surface area contributed by atoms with E-state index >= 15 is 0 Å². The highest BCUT2D eigenvalue weighted by molar-refractivity contribution is 7.54. The molecule has 0 aliphatic carbocycles. The van der Waals surface area contributed by atoms with Crippen LogP contribution in [0.4, 0.5) is 0 Å². The van der Waals surface area contributed by atoms with Gasteiger partial charge in [0.05, 0.1) is 13.5 Å². The second kappa shape index (κ2) is 8.30. The lowest BCUT2D eigenvalue weighted by Crippen LogP contribution is -2.39. The van der Waals surface area contributed by atoms with Crippen molar-refractivity contribution in [1.29, 1.82) is 0 Å². The van der Waals surface area contributed by atoms with Crippen LogP contribution in [0.2, 0.25) is 0 Å². The maximum absolute atomic E-state index is 12.3. The summed E-state index contributed by atoms with van der Waals surface area (Å²) in [5, 5.41) is 2.58. The Bertz CT molecular complexity index is 349. The van der Waals surface area contributed by atoms with E-state index in [1.807, 2.05) is 0 Å². The van der Waals surface area contributed by atoms with Gasteiger partial charge < -0.3 is 19.1 Å². The molecule has 0 aromatic carbocycles. The first-order chi connectivity index (χ1) is 8.80. The van der Waals surface area contributed by atoms with Crippen molar-refractivity contribution < 1.29 is 27.9 Å². The first-order valence-electron chi connectivity index (χ1n) is 5.88. The average Bonchev–Trinajstić information content (AvgIpc) is 2.40. The highest BCUT2D eigenvalue weighted by atomic mass is 31.2. The molecule has 0 fully saturated rings. The fourth-order valence-corrected chi connectivity index (χ4v) is 3.10. The molecule has 1 unspecified atom stereocenters. The molecule has 0 radical (unpaired) electrons. The Labute approximate surface area is 113 Å². The number of esters is 1. The van der Waals surface area contributed by atoms with Gasteiger partial charge in [0.2, 0.25) is 5.91 Å². The standard InChI is InChI=1S/C11H22NO6P/c1-8(2)11(19(15,17-4)18-5)12-9(13)6-7-10(14)16-3/h8,11H,6-7H2,1-5H3,(H,12,13). The summed E-state index contributed by atoms with van der Waals surface area (Å²) in [5.41, 5.74) is 0. The summed E-state index contributed by atoms with van der Waals surface area (Å²) < 4.78 is 26.5. The fraction of sp³-hybridized carbons (Fsp3) is 0.818. The molecular weight excluding hydrogens is 273 g/mol. The van der Waals surface area contributed by atoms with Gasteiger partial charge in [-0.2, -0.15) is 0 Å². The number of nitrogens with one attached hydrogen (secondary N) is 1. The van der Waals surface area contributed by atoms with Crippen molar-refractivity contribution in [2.24, 2.45) is 5.92 Å². The number of amides is 1. The Morgan fingerprint density at radius 1 is 1.11 bits per heavy atom. The summed E-state index contributed by atoms with van der Waals surface area (Å²) in [7, 11) is 0.376. The van der Waals surface area contributed by atoms with Gasteiger partial charge in [0.25, 0.3) is 0 Å². The summed E-state index contributed by atoms with van der Waals surface area (Å²) in [4.78, 5) is 22.6. The summed E-state index contributed by atoms with van der Waals surface area (Å²) >= 11 is 0. The summed E-state index contributed by atoms with van der Waals surface area (Å²) in [6.07, 6.45) is -0.0687. The summed E-state index contributed by atoms with van der Waals surface area (Å²) in [6, 6.07) is 0. The van der Waals surface area contributed by atoms with Crippen LogP contribution < -0.4 is 5.32 Å². The van der Waals surface area contributed by atoms with Crippen LogP contribution in [-0.2, 0) is 27.9 Å². The van der Waals surface area contributed by atoms with Gasteiger partial charge in [0.1, 0.15) is 5.78 Å². The van der Waals surface area contributed by atoms with E-state index in [0.717, 1.165) is 0 Å². The van der Waals surface area contributed by atoms with Crippen LogP contribution in [0.25, 0.3) is 0 Å². The number of ether oxygens (including phenoxy) is 1. The summed E-state index contributed by atoms with van der Waals surface area (Å²) in [5.74, 6) is -1.78. The van der Waals surface area contributed by atoms with Gasteiger partial charge in [0, 0.05) is 20.6 Å². The molecule has 1 amide bonds. The smallest absolute Gasteiger partial charge is 0.352 e. The lowest BCUT2D eigenvalue weighted by molar-refractivity contribution is -0.142. The van der Waals surface area contributed by atoms with Gasteiger partial charge in [-0.3, -0.25) is 14.2 Å². The van der Waals surface area contributed by atoms with Crippen molar-refractivity contribution in [3.63, 3.8) is 0 Å². The van der Waals surface area contributed by atoms with Crippen molar-refractivity contribution in [2.45, 2.75) is 32.5 Å². The van der Waals surface area contributed by atoms with E-state index in [4.69, 9.17) is 9.05 Å². The second-order valence-corrected chi connectivity index (χ2v) is 6.60. The molecule has 0 aliphatic rings. The van der Waals surface area contributed by atoms with Crippen molar-refractivity contribution in [1.82, 2.24) is 5.32 Å². The van der Waals surface area contributed by atoms with Crippen LogP contribution in [-0.4, -0.2) is 39.0 Å². The third kappa shape index (κ3) is 5.72. The van der Waals surface area contributed by atoms with Crippen molar-refractivity contribution in [3.8, 4) is 0 Å². The molecule has 19 heavy (non-hydrogen) atoms. The molecule has 0 spiro atoms. The zero-order valence-corrected chi connectivity index (χ0v) is 12.9. The number of hydrogen-bond acceptors (Lipinski definition) is 6. The Balaban J connectivity index is 4.64. The van der Waals surface area contributed by atoms with Crippen molar-refractivity contribution in [2.75, 3.05) is 21.3 Å². The largest absolute Gasteiger partial charge is 0.469 e. The molecule has 0 aromatic rings. The van der Waals surface area contributed by atoms with E-state index in [0.29, 0.717) is 0 Å². The minimum absolute atomic E-state index is 0.0303. The maximum atomic E-state index is 12.3. The molecule has 0 rings (SSSR count). The topological polar surface area (TPSA) is 90.9 Å². The Morgan fingerprint density at radius 2 is 1.63 bits per heavy atom. The molecule has 1 N–H and O–H groups in total. The minimum Gasteiger partial charge on any atom is -0.469 e. The second-order valence-electron chi connectivity index (χ2n) is 4.24. The lowest BCUT2D eigenvalue weighted by Gasteiger charge is -2.28. The third-order valence-electron chi connectivity index (χ3n) is 2.57. The Morgan fingerprint density at radius 3 is 2.00 bits per heavy atom. The minimum atomic E-state index is -3.40. The van der Waals surface area contributed by atoms with Crippen LogP contribution in [0.5, 0.6) is 0 Å². The molecule has 0 saturated carbocycles. The third-order valence-corrected chi connectivity index (χ3v) is 5.00. The SMILES string of the molecule is COC(=O)CCC(=O)NC(C(C)C)P(=O)(OC)OC. The number of rotatable bonds is 8. The van der Waals surface area contributed by atoms with Crippen LogP contribution in [0.3, 0.4) is 0 Å². The molecule has 0 bridgehead atoms. The molecule has 0 saturated heterocycles. The number of carbonyl (C=O) groups excluding carboxylic acids is 2. The molecule has 1 atom stereocenters. The van der Waals surface area contributed by atoms with Gasteiger partial charge in [0.15, 0.2) is 0 Å². The average molecular weight is 295 g/mol.